The molecule has 0 saturated heterocycles. The van der Waals surface area contributed by atoms with Gasteiger partial charge in [-0.1, -0.05) is 36.9 Å². The van der Waals surface area contributed by atoms with Crippen LogP contribution in [0, 0.1) is 0 Å². The zero-order valence-electron chi connectivity index (χ0n) is 13.5. The summed E-state index contributed by atoms with van der Waals surface area (Å²) < 4.78 is 11.2. The van der Waals surface area contributed by atoms with Crippen molar-refractivity contribution in [1.82, 2.24) is 4.90 Å². The number of nitrogens with zero attached hydrogens (tertiary/aromatic N) is 1. The normalized spacial score (nSPS) is 16.5. The van der Waals surface area contributed by atoms with Gasteiger partial charge in [0.05, 0.1) is 19.4 Å². The Balaban J connectivity index is 1.92. The van der Waals surface area contributed by atoms with Crippen LogP contribution in [0.15, 0.2) is 66.3 Å². The van der Waals surface area contributed by atoms with Gasteiger partial charge in [-0.25, -0.2) is 4.79 Å². The molecule has 2 aromatic rings. The summed E-state index contributed by atoms with van der Waals surface area (Å²) in [4.78, 5) is 15.0. The Morgan fingerprint density at radius 2 is 2.04 bits per heavy atom. The van der Waals surface area contributed by atoms with Crippen molar-refractivity contribution in [2.24, 2.45) is 0 Å². The first kappa shape index (κ1) is 16.5. The van der Waals surface area contributed by atoms with E-state index in [9.17, 15) is 4.79 Å². The Labute approximate surface area is 146 Å². The van der Waals surface area contributed by atoms with Gasteiger partial charge in [-0.05, 0) is 30.0 Å². The van der Waals surface area contributed by atoms with E-state index in [1.807, 2.05) is 42.7 Å². The highest BCUT2D eigenvalue weighted by molar-refractivity contribution is 7.98. The van der Waals surface area contributed by atoms with Gasteiger partial charge in [-0.2, -0.15) is 0 Å². The van der Waals surface area contributed by atoms with Crippen LogP contribution in [0.3, 0.4) is 0 Å². The second kappa shape index (κ2) is 7.45. The fourth-order valence-electron chi connectivity index (χ4n) is 2.69. The van der Waals surface area contributed by atoms with Gasteiger partial charge in [0.1, 0.15) is 11.9 Å². The van der Waals surface area contributed by atoms with Gasteiger partial charge in [-0.15, -0.1) is 11.8 Å². The summed E-state index contributed by atoms with van der Waals surface area (Å²) >= 11 is 1.69. The first-order valence-electron chi connectivity index (χ1n) is 7.66. The summed E-state index contributed by atoms with van der Waals surface area (Å²) in [6.45, 7) is 4.32. The van der Waals surface area contributed by atoms with Gasteiger partial charge < -0.3 is 9.47 Å². The van der Waals surface area contributed by atoms with Crippen LogP contribution in [-0.4, -0.2) is 23.8 Å². The lowest BCUT2D eigenvalue weighted by Crippen LogP contribution is -2.33. The number of fused-ring (bicyclic) bond motifs is 1. The summed E-state index contributed by atoms with van der Waals surface area (Å²) in [6.07, 6.45) is 2.53. The number of thioether (sulfide) groups is 1. The van der Waals surface area contributed by atoms with Gasteiger partial charge in [-0.3, -0.25) is 4.90 Å². The molecule has 1 aliphatic heterocycles. The Morgan fingerprint density at radius 1 is 1.29 bits per heavy atom. The molecule has 0 spiro atoms. The van der Waals surface area contributed by atoms with Gasteiger partial charge in [0, 0.05) is 10.5 Å². The quantitative estimate of drug-likeness (QED) is 0.603. The average Bonchev–Trinajstić information content (AvgIpc) is 2.81. The number of ether oxygens (including phenoxy) is 2. The van der Waals surface area contributed by atoms with Crippen LogP contribution in [0.1, 0.15) is 17.2 Å². The fraction of sp³-hybridized carbons (Fsp3) is 0.211. The highest BCUT2D eigenvalue weighted by Gasteiger charge is 2.27. The molecule has 2 aromatic carbocycles. The molecular formula is C19H19NO3S. The summed E-state index contributed by atoms with van der Waals surface area (Å²) in [7, 11) is 0. The Bertz CT molecular complexity index is 730. The smallest absolute Gasteiger partial charge is 0.415 e. The molecule has 1 unspecified atom stereocenters. The van der Waals surface area contributed by atoms with Crippen LogP contribution in [-0.2, 0) is 11.3 Å². The third-order valence-electron chi connectivity index (χ3n) is 3.92. The predicted octanol–water partition coefficient (Wildman–Crippen LogP) is 4.62. The highest BCUT2D eigenvalue weighted by atomic mass is 32.2. The van der Waals surface area contributed by atoms with Crippen LogP contribution >= 0.6 is 11.8 Å². The zero-order valence-corrected chi connectivity index (χ0v) is 14.3. The number of hydrogen-bond acceptors (Lipinski definition) is 4. The SMILES string of the molecule is C=COC(=O)N1Cc2ccccc2OC(c2ccc(SC)cc2)C1. The van der Waals surface area contributed by atoms with E-state index in [0.717, 1.165) is 23.1 Å². The first-order valence-corrected chi connectivity index (χ1v) is 8.88. The third-order valence-corrected chi connectivity index (χ3v) is 4.66. The predicted molar refractivity (Wildman–Crippen MR) is 95.1 cm³/mol. The molecule has 0 saturated carbocycles. The van der Waals surface area contributed by atoms with E-state index in [1.165, 1.54) is 4.90 Å². The van der Waals surface area contributed by atoms with Crippen molar-refractivity contribution in [3.8, 4) is 5.75 Å². The van der Waals surface area contributed by atoms with E-state index in [0.29, 0.717) is 13.1 Å². The molecule has 0 aliphatic carbocycles. The van der Waals surface area contributed by atoms with Crippen LogP contribution in [0.2, 0.25) is 0 Å². The zero-order chi connectivity index (χ0) is 16.9. The third kappa shape index (κ3) is 3.57. The number of para-hydroxylation sites is 1. The van der Waals surface area contributed by atoms with Crippen molar-refractivity contribution in [2.45, 2.75) is 17.5 Å². The molecule has 5 heteroatoms. The highest BCUT2D eigenvalue weighted by Crippen LogP contribution is 2.32. The molecule has 0 N–H and O–H groups in total. The van der Waals surface area contributed by atoms with E-state index in [4.69, 9.17) is 9.47 Å². The lowest BCUT2D eigenvalue weighted by Gasteiger charge is -2.23. The molecule has 1 atom stereocenters. The number of benzene rings is 2. The number of rotatable bonds is 3. The molecule has 1 heterocycles. The lowest BCUT2D eigenvalue weighted by molar-refractivity contribution is 0.111. The van der Waals surface area contributed by atoms with Gasteiger partial charge in [0.15, 0.2) is 0 Å². The largest absolute Gasteiger partial charge is 0.484 e. The van der Waals surface area contributed by atoms with Crippen molar-refractivity contribution in [1.29, 1.82) is 0 Å². The molecule has 1 amide bonds. The number of amides is 1. The maximum Gasteiger partial charge on any atom is 0.415 e. The second-order valence-electron chi connectivity index (χ2n) is 5.42. The van der Waals surface area contributed by atoms with E-state index >= 15 is 0 Å². The van der Waals surface area contributed by atoms with E-state index < -0.39 is 6.09 Å². The molecule has 4 nitrogen and oxygen atoms in total. The molecular weight excluding hydrogens is 322 g/mol. The van der Waals surface area contributed by atoms with E-state index in [1.54, 1.807) is 16.7 Å². The Morgan fingerprint density at radius 3 is 2.75 bits per heavy atom. The van der Waals surface area contributed by atoms with Gasteiger partial charge >= 0.3 is 6.09 Å². The molecule has 1 aliphatic rings. The standard InChI is InChI=1S/C19H19NO3S/c1-3-22-19(21)20-12-15-6-4-5-7-17(15)23-18(13-20)14-8-10-16(24-2)11-9-14/h3-11,18H,1,12-13H2,2H3. The summed E-state index contributed by atoms with van der Waals surface area (Å²) in [5.41, 5.74) is 1.99. The van der Waals surface area contributed by atoms with Gasteiger partial charge in [0.2, 0.25) is 0 Å². The molecule has 0 radical (unpaired) electrons. The maximum atomic E-state index is 12.2. The molecule has 0 aromatic heterocycles. The number of carbonyl (C=O) groups is 1. The number of hydrogen-bond donors (Lipinski definition) is 0. The molecule has 3 rings (SSSR count). The van der Waals surface area contributed by atoms with Gasteiger partial charge in [0.25, 0.3) is 0 Å². The van der Waals surface area contributed by atoms with Crippen LogP contribution in [0.25, 0.3) is 0 Å². The second-order valence-corrected chi connectivity index (χ2v) is 6.30. The van der Waals surface area contributed by atoms with Crippen molar-refractivity contribution >= 4 is 17.9 Å². The van der Waals surface area contributed by atoms with E-state index in [-0.39, 0.29) is 6.10 Å². The lowest BCUT2D eigenvalue weighted by atomic mass is 10.1. The molecule has 24 heavy (non-hydrogen) atoms. The van der Waals surface area contributed by atoms with Crippen molar-refractivity contribution < 1.29 is 14.3 Å². The summed E-state index contributed by atoms with van der Waals surface area (Å²) in [5.74, 6) is 0.797. The first-order chi connectivity index (χ1) is 11.7. The minimum absolute atomic E-state index is 0.248. The summed E-state index contributed by atoms with van der Waals surface area (Å²) in [5, 5.41) is 0. The maximum absolute atomic E-state index is 12.2. The summed E-state index contributed by atoms with van der Waals surface area (Å²) in [6, 6.07) is 16.0. The van der Waals surface area contributed by atoms with Crippen LogP contribution in [0.5, 0.6) is 5.75 Å². The molecule has 0 bridgehead atoms. The Kier molecular flexibility index (Phi) is 5.11. The van der Waals surface area contributed by atoms with Crippen molar-refractivity contribution in [3.05, 3.63) is 72.5 Å². The Hall–Kier alpha value is -2.40. The molecule has 0 fully saturated rings. The monoisotopic (exact) mass is 341 g/mol. The van der Waals surface area contributed by atoms with Crippen molar-refractivity contribution in [2.75, 3.05) is 12.8 Å². The average molecular weight is 341 g/mol. The van der Waals surface area contributed by atoms with Crippen LogP contribution in [0.4, 0.5) is 4.79 Å². The van der Waals surface area contributed by atoms with Crippen LogP contribution < -0.4 is 4.74 Å². The van der Waals surface area contributed by atoms with E-state index in [2.05, 4.69) is 18.7 Å². The minimum atomic E-state index is -0.420. The fourth-order valence-corrected chi connectivity index (χ4v) is 3.10. The molecule has 124 valence electrons. The van der Waals surface area contributed by atoms with Crippen molar-refractivity contribution in [3.63, 3.8) is 0 Å². The number of carbonyl (C=O) groups excluding carboxylic acids is 1. The topological polar surface area (TPSA) is 38.8 Å². The minimum Gasteiger partial charge on any atom is -0.484 e.